The predicted octanol–water partition coefficient (Wildman–Crippen LogP) is 1.74. The first kappa shape index (κ1) is 14.4. The Hall–Kier alpha value is -2.90. The first-order chi connectivity index (χ1) is 12.3. The molecule has 0 spiro atoms. The summed E-state index contributed by atoms with van der Waals surface area (Å²) in [6, 6.07) is 18.7. The molecule has 2 aromatic carbocycles. The van der Waals surface area contributed by atoms with Crippen molar-refractivity contribution in [2.45, 2.75) is 12.2 Å². The van der Waals surface area contributed by atoms with Gasteiger partial charge in [0.25, 0.3) is 0 Å². The average molecular weight is 333 g/mol. The predicted molar refractivity (Wildman–Crippen MR) is 97.8 cm³/mol. The number of nitrogens with zero attached hydrogens (tertiary/aromatic N) is 3. The highest BCUT2D eigenvalue weighted by molar-refractivity contribution is 5.94. The van der Waals surface area contributed by atoms with Crippen molar-refractivity contribution in [3.8, 4) is 0 Å². The van der Waals surface area contributed by atoms with Crippen molar-refractivity contribution in [3.05, 3.63) is 60.2 Å². The minimum atomic E-state index is -0.128. The summed E-state index contributed by atoms with van der Waals surface area (Å²) in [4.78, 5) is 9.40. The van der Waals surface area contributed by atoms with Gasteiger partial charge in [-0.15, -0.1) is 0 Å². The minimum Gasteiger partial charge on any atom is -0.370 e. The van der Waals surface area contributed by atoms with Gasteiger partial charge in [-0.3, -0.25) is 15.3 Å². The van der Waals surface area contributed by atoms with E-state index in [9.17, 15) is 0 Å². The molecule has 0 radical (unpaired) electrons. The van der Waals surface area contributed by atoms with Gasteiger partial charge in [0.15, 0.2) is 5.96 Å². The van der Waals surface area contributed by atoms with Gasteiger partial charge >= 0.3 is 0 Å². The second kappa shape index (κ2) is 5.58. The molecule has 0 aliphatic carbocycles. The number of hydrogen-bond donors (Lipinski definition) is 4. The lowest BCUT2D eigenvalue weighted by molar-refractivity contribution is 0.328. The van der Waals surface area contributed by atoms with E-state index >= 15 is 0 Å². The van der Waals surface area contributed by atoms with E-state index in [-0.39, 0.29) is 18.1 Å². The number of benzene rings is 2. The number of aliphatic imine (C=N–C) groups is 1. The number of aromatic nitrogens is 2. The Morgan fingerprint density at radius 1 is 1.04 bits per heavy atom. The highest BCUT2D eigenvalue weighted by Gasteiger charge is 2.38. The largest absolute Gasteiger partial charge is 0.370 e. The lowest BCUT2D eigenvalue weighted by atomic mass is 9.92. The molecule has 1 saturated heterocycles. The molecule has 3 aromatic rings. The van der Waals surface area contributed by atoms with Crippen LogP contribution in [0.15, 0.2) is 59.6 Å². The summed E-state index contributed by atoms with van der Waals surface area (Å²) in [5.41, 5.74) is 16.0. The molecule has 5 N–H and O–H groups in total. The van der Waals surface area contributed by atoms with Crippen molar-refractivity contribution >= 4 is 22.9 Å². The van der Waals surface area contributed by atoms with Gasteiger partial charge in [0, 0.05) is 12.5 Å². The summed E-state index contributed by atoms with van der Waals surface area (Å²) in [6.07, 6.45) is -0.128. The molecule has 0 amide bonds. The molecule has 0 bridgehead atoms. The maximum atomic E-state index is 6.06. The van der Waals surface area contributed by atoms with E-state index in [1.807, 2.05) is 24.3 Å². The van der Waals surface area contributed by atoms with E-state index in [2.05, 4.69) is 56.1 Å². The van der Waals surface area contributed by atoms with Crippen molar-refractivity contribution < 1.29 is 0 Å². The number of nitrogens with two attached hydrogens (primary N) is 1. The smallest absolute Gasteiger partial charge is 0.212 e. The van der Waals surface area contributed by atoms with Crippen molar-refractivity contribution in [3.63, 3.8) is 0 Å². The van der Waals surface area contributed by atoms with Crippen molar-refractivity contribution in [1.29, 1.82) is 0 Å². The SMILES string of the molecule is NC1=NC(C2CNNC2c2ccccc2)n2c(nc3ccccc32)N1. The summed E-state index contributed by atoms with van der Waals surface area (Å²) in [5.74, 6) is 1.36. The fourth-order valence-electron chi connectivity index (χ4n) is 3.81. The number of rotatable bonds is 2. The van der Waals surface area contributed by atoms with Gasteiger partial charge in [-0.1, -0.05) is 42.5 Å². The van der Waals surface area contributed by atoms with Crippen LogP contribution in [-0.4, -0.2) is 22.1 Å². The third kappa shape index (κ3) is 2.28. The quantitative estimate of drug-likeness (QED) is 0.573. The zero-order chi connectivity index (χ0) is 16.8. The molecule has 3 heterocycles. The standard InChI is InChI=1S/C18H19N7/c19-17-22-16(12-10-20-24-15(12)11-6-2-1-3-7-11)25-14-9-5-4-8-13(14)21-18(25)23-17/h1-9,12,15-16,20,24H,10H2,(H3,19,21,22,23). The second-order valence-corrected chi connectivity index (χ2v) is 6.42. The van der Waals surface area contributed by atoms with Crippen molar-refractivity contribution in [2.24, 2.45) is 16.6 Å². The van der Waals surface area contributed by atoms with Crippen LogP contribution in [0.2, 0.25) is 0 Å². The molecular formula is C18H19N7. The number of hydrazine groups is 1. The molecule has 1 aromatic heterocycles. The Labute approximate surface area is 144 Å². The van der Waals surface area contributed by atoms with Crippen LogP contribution in [0.5, 0.6) is 0 Å². The monoisotopic (exact) mass is 333 g/mol. The molecule has 126 valence electrons. The molecule has 2 aliphatic heterocycles. The van der Waals surface area contributed by atoms with Crippen LogP contribution in [0, 0.1) is 5.92 Å². The third-order valence-corrected chi connectivity index (χ3v) is 4.94. The van der Waals surface area contributed by atoms with Crippen LogP contribution in [-0.2, 0) is 0 Å². The molecule has 2 aliphatic rings. The number of para-hydroxylation sites is 2. The van der Waals surface area contributed by atoms with Gasteiger partial charge in [-0.05, 0) is 17.7 Å². The second-order valence-electron chi connectivity index (χ2n) is 6.42. The molecule has 5 rings (SSSR count). The molecule has 0 saturated carbocycles. The molecule has 1 fully saturated rings. The first-order valence-corrected chi connectivity index (χ1v) is 8.42. The number of hydrogen-bond acceptors (Lipinski definition) is 6. The van der Waals surface area contributed by atoms with E-state index in [1.54, 1.807) is 0 Å². The Balaban J connectivity index is 1.62. The number of fused-ring (bicyclic) bond motifs is 3. The van der Waals surface area contributed by atoms with Gasteiger partial charge in [0.1, 0.15) is 6.17 Å². The number of anilines is 1. The fourth-order valence-corrected chi connectivity index (χ4v) is 3.81. The summed E-state index contributed by atoms with van der Waals surface area (Å²) in [7, 11) is 0. The van der Waals surface area contributed by atoms with Crippen LogP contribution >= 0.6 is 0 Å². The van der Waals surface area contributed by atoms with Crippen molar-refractivity contribution in [1.82, 2.24) is 20.4 Å². The lowest BCUT2D eigenvalue weighted by Gasteiger charge is -2.30. The lowest BCUT2D eigenvalue weighted by Crippen LogP contribution is -2.35. The molecule has 3 unspecified atom stereocenters. The van der Waals surface area contributed by atoms with E-state index < -0.39 is 0 Å². The molecule has 7 nitrogen and oxygen atoms in total. The van der Waals surface area contributed by atoms with Crippen LogP contribution in [0.4, 0.5) is 5.95 Å². The minimum absolute atomic E-state index is 0.128. The van der Waals surface area contributed by atoms with E-state index in [0.29, 0.717) is 5.96 Å². The first-order valence-electron chi connectivity index (χ1n) is 8.42. The Kier molecular flexibility index (Phi) is 3.22. The molecule has 7 heteroatoms. The molecular weight excluding hydrogens is 314 g/mol. The van der Waals surface area contributed by atoms with Gasteiger partial charge in [-0.2, -0.15) is 0 Å². The van der Waals surface area contributed by atoms with E-state index in [1.165, 1.54) is 5.56 Å². The van der Waals surface area contributed by atoms with Crippen LogP contribution in [0.1, 0.15) is 17.8 Å². The van der Waals surface area contributed by atoms with Crippen molar-refractivity contribution in [2.75, 3.05) is 11.9 Å². The number of nitrogens with one attached hydrogen (secondary N) is 3. The van der Waals surface area contributed by atoms with Gasteiger partial charge in [-0.25, -0.2) is 15.4 Å². The highest BCUT2D eigenvalue weighted by Crippen LogP contribution is 2.39. The van der Waals surface area contributed by atoms with Crippen LogP contribution in [0.25, 0.3) is 11.0 Å². The fraction of sp³-hybridized carbons (Fsp3) is 0.222. The maximum Gasteiger partial charge on any atom is 0.212 e. The van der Waals surface area contributed by atoms with Gasteiger partial charge in [0.05, 0.1) is 17.1 Å². The summed E-state index contributed by atoms with van der Waals surface area (Å²) < 4.78 is 2.15. The summed E-state index contributed by atoms with van der Waals surface area (Å²) in [5, 5.41) is 3.10. The molecule has 3 atom stereocenters. The van der Waals surface area contributed by atoms with Crippen LogP contribution in [0.3, 0.4) is 0 Å². The Morgan fingerprint density at radius 3 is 2.72 bits per heavy atom. The average Bonchev–Trinajstić information content (AvgIpc) is 3.26. The van der Waals surface area contributed by atoms with Gasteiger partial charge in [0.2, 0.25) is 5.95 Å². The van der Waals surface area contributed by atoms with E-state index in [0.717, 1.165) is 23.5 Å². The summed E-state index contributed by atoms with van der Waals surface area (Å²) in [6.45, 7) is 0.799. The maximum absolute atomic E-state index is 6.06. The Bertz CT molecular complexity index is 946. The third-order valence-electron chi connectivity index (χ3n) is 4.94. The number of guanidine groups is 1. The number of imidazole rings is 1. The zero-order valence-corrected chi connectivity index (χ0v) is 13.6. The van der Waals surface area contributed by atoms with E-state index in [4.69, 9.17) is 10.7 Å². The van der Waals surface area contributed by atoms with Crippen LogP contribution < -0.4 is 21.9 Å². The summed E-state index contributed by atoms with van der Waals surface area (Å²) >= 11 is 0. The zero-order valence-electron chi connectivity index (χ0n) is 13.6. The molecule has 25 heavy (non-hydrogen) atoms. The topological polar surface area (TPSA) is 92.3 Å². The highest BCUT2D eigenvalue weighted by atomic mass is 15.4. The Morgan fingerprint density at radius 2 is 1.84 bits per heavy atom. The van der Waals surface area contributed by atoms with Gasteiger partial charge < -0.3 is 5.73 Å². The normalized spacial score (nSPS) is 25.4.